The minimum absolute atomic E-state index is 0.242. The topological polar surface area (TPSA) is 68.3 Å². The average Bonchev–Trinajstić information content (AvgIpc) is 2.66. The summed E-state index contributed by atoms with van der Waals surface area (Å²) in [4.78, 5) is 34.8. The predicted octanol–water partition coefficient (Wildman–Crippen LogP) is -0.966. The molecule has 0 aromatic rings. The van der Waals surface area contributed by atoms with E-state index >= 15 is 0 Å². The number of nitrogens with zero attached hydrogens (tertiary/aromatic N) is 5. The van der Waals surface area contributed by atoms with Gasteiger partial charge in [-0.3, -0.25) is 0 Å². The number of likely N-dealkylation sites (N-methyl/N-ethyl adjacent to an activating group) is 1. The van der Waals surface area contributed by atoms with E-state index in [4.69, 9.17) is 0 Å². The molecule has 0 fully saturated rings. The van der Waals surface area contributed by atoms with Gasteiger partial charge in [0.25, 0.3) is 0 Å². The Morgan fingerprint density at radius 1 is 1.29 bits per heavy atom. The fourth-order valence-corrected chi connectivity index (χ4v) is 1.67. The SMILES string of the molecule is CN(C)CC1=NC2=[N+](C)C(=O)N(C)C(=O)C2=N1. The lowest BCUT2D eigenvalue weighted by Crippen LogP contribution is -2.51. The molecule has 90 valence electrons. The average molecular weight is 236 g/mol. The van der Waals surface area contributed by atoms with Crippen molar-refractivity contribution in [3.8, 4) is 0 Å². The highest BCUT2D eigenvalue weighted by Crippen LogP contribution is 2.10. The molecule has 7 heteroatoms. The number of hydrogen-bond donors (Lipinski definition) is 0. The smallest absolute Gasteiger partial charge is 0.301 e. The molecule has 0 spiro atoms. The molecule has 0 aliphatic carbocycles. The molecule has 0 aromatic heterocycles. The van der Waals surface area contributed by atoms with Crippen LogP contribution in [0.2, 0.25) is 0 Å². The first-order valence-electron chi connectivity index (χ1n) is 5.16. The largest absolute Gasteiger partial charge is 0.446 e. The summed E-state index contributed by atoms with van der Waals surface area (Å²) in [5.41, 5.74) is 0.242. The maximum atomic E-state index is 11.8. The number of carbonyl (C=O) groups excluding carboxylic acids is 2. The number of fused-ring (bicyclic) bond motifs is 1. The third-order valence-electron chi connectivity index (χ3n) is 2.54. The molecule has 7 nitrogen and oxygen atoms in total. The zero-order valence-electron chi connectivity index (χ0n) is 10.3. The lowest BCUT2D eigenvalue weighted by Gasteiger charge is -2.15. The van der Waals surface area contributed by atoms with Gasteiger partial charge in [0.2, 0.25) is 11.5 Å². The lowest BCUT2D eigenvalue weighted by atomic mass is 10.2. The highest BCUT2D eigenvalue weighted by atomic mass is 16.2. The van der Waals surface area contributed by atoms with E-state index in [1.165, 1.54) is 11.6 Å². The minimum atomic E-state index is -0.402. The van der Waals surface area contributed by atoms with Crippen LogP contribution in [0.4, 0.5) is 4.79 Å². The van der Waals surface area contributed by atoms with Crippen molar-refractivity contribution in [2.75, 3.05) is 34.7 Å². The summed E-state index contributed by atoms with van der Waals surface area (Å²) in [6.07, 6.45) is 0. The van der Waals surface area contributed by atoms with E-state index in [9.17, 15) is 9.59 Å². The summed E-state index contributed by atoms with van der Waals surface area (Å²) >= 11 is 0. The van der Waals surface area contributed by atoms with Crippen molar-refractivity contribution in [2.24, 2.45) is 9.98 Å². The second-order valence-electron chi connectivity index (χ2n) is 4.26. The molecule has 2 aliphatic rings. The molecule has 3 amide bonds. The normalized spacial score (nSPS) is 19.9. The Kier molecular flexibility index (Phi) is 2.62. The Morgan fingerprint density at radius 3 is 2.53 bits per heavy atom. The lowest BCUT2D eigenvalue weighted by molar-refractivity contribution is -0.401. The Hall–Kier alpha value is -1.89. The molecular weight excluding hydrogens is 222 g/mol. The van der Waals surface area contributed by atoms with Crippen LogP contribution in [-0.4, -0.2) is 78.4 Å². The number of hydrogen-bond acceptors (Lipinski definition) is 5. The van der Waals surface area contributed by atoms with Crippen LogP contribution in [-0.2, 0) is 4.79 Å². The van der Waals surface area contributed by atoms with Crippen molar-refractivity contribution < 1.29 is 14.2 Å². The maximum absolute atomic E-state index is 11.8. The molecule has 2 rings (SSSR count). The number of urea groups is 1. The van der Waals surface area contributed by atoms with Gasteiger partial charge >= 0.3 is 17.8 Å². The van der Waals surface area contributed by atoms with Crippen LogP contribution >= 0.6 is 0 Å². The number of aliphatic imine (C=N–C) groups is 2. The second kappa shape index (κ2) is 3.85. The van der Waals surface area contributed by atoms with Crippen molar-refractivity contribution in [1.82, 2.24) is 9.80 Å². The molecule has 17 heavy (non-hydrogen) atoms. The van der Waals surface area contributed by atoms with Crippen LogP contribution in [0.15, 0.2) is 9.98 Å². The van der Waals surface area contributed by atoms with E-state index in [1.807, 2.05) is 19.0 Å². The quantitative estimate of drug-likeness (QED) is 0.579. The van der Waals surface area contributed by atoms with Crippen molar-refractivity contribution in [2.45, 2.75) is 0 Å². The zero-order chi connectivity index (χ0) is 12.7. The monoisotopic (exact) mass is 236 g/mol. The van der Waals surface area contributed by atoms with Gasteiger partial charge in [-0.15, -0.1) is 0 Å². The van der Waals surface area contributed by atoms with Gasteiger partial charge in [-0.1, -0.05) is 4.99 Å². The summed E-state index contributed by atoms with van der Waals surface area (Å²) in [6.45, 7) is 0.534. The first kappa shape index (κ1) is 11.6. The fraction of sp³-hybridized carbons (Fsp3) is 0.500. The Balaban J connectivity index is 2.44. The van der Waals surface area contributed by atoms with E-state index in [0.29, 0.717) is 18.2 Å². The van der Waals surface area contributed by atoms with Crippen molar-refractivity contribution in [3.05, 3.63) is 0 Å². The zero-order valence-corrected chi connectivity index (χ0v) is 10.3. The van der Waals surface area contributed by atoms with Crippen molar-refractivity contribution in [1.29, 1.82) is 0 Å². The van der Waals surface area contributed by atoms with Gasteiger partial charge in [0, 0.05) is 0 Å². The number of carbonyl (C=O) groups is 2. The number of amides is 3. The molecule has 2 aliphatic heterocycles. The highest BCUT2D eigenvalue weighted by molar-refractivity contribution is 6.70. The van der Waals surface area contributed by atoms with Gasteiger partial charge in [0.1, 0.15) is 0 Å². The molecule has 0 saturated carbocycles. The summed E-state index contributed by atoms with van der Waals surface area (Å²) in [6, 6.07) is -0.390. The molecule has 0 bridgehead atoms. The van der Waals surface area contributed by atoms with Crippen LogP contribution in [0.5, 0.6) is 0 Å². The first-order chi connectivity index (χ1) is 7.91. The fourth-order valence-electron chi connectivity index (χ4n) is 1.67. The van der Waals surface area contributed by atoms with E-state index in [-0.39, 0.29) is 11.7 Å². The molecule has 0 unspecified atom stereocenters. The van der Waals surface area contributed by atoms with E-state index in [0.717, 1.165) is 4.90 Å². The molecule has 0 atom stereocenters. The van der Waals surface area contributed by atoms with Crippen LogP contribution in [0, 0.1) is 0 Å². The van der Waals surface area contributed by atoms with Crippen molar-refractivity contribution >= 4 is 29.3 Å². The molecule has 0 radical (unpaired) electrons. The maximum Gasteiger partial charge on any atom is 0.446 e. The molecular formula is C10H14N5O2+. The highest BCUT2D eigenvalue weighted by Gasteiger charge is 2.44. The number of amidine groups is 2. The van der Waals surface area contributed by atoms with Gasteiger partial charge < -0.3 is 4.90 Å². The van der Waals surface area contributed by atoms with Gasteiger partial charge in [-0.25, -0.2) is 14.6 Å². The predicted molar refractivity (Wildman–Crippen MR) is 62.8 cm³/mol. The Labute approximate surface area is 98.8 Å². The van der Waals surface area contributed by atoms with Gasteiger partial charge in [-0.2, -0.15) is 9.48 Å². The second-order valence-corrected chi connectivity index (χ2v) is 4.26. The molecule has 0 saturated heterocycles. The minimum Gasteiger partial charge on any atom is -0.301 e. The van der Waals surface area contributed by atoms with E-state index in [1.54, 1.807) is 7.05 Å². The van der Waals surface area contributed by atoms with E-state index in [2.05, 4.69) is 9.98 Å². The van der Waals surface area contributed by atoms with Gasteiger partial charge in [0.05, 0.1) is 20.6 Å². The van der Waals surface area contributed by atoms with Crippen LogP contribution in [0.25, 0.3) is 0 Å². The third kappa shape index (κ3) is 1.78. The molecule has 0 aromatic carbocycles. The van der Waals surface area contributed by atoms with Gasteiger partial charge in [0.15, 0.2) is 0 Å². The number of imide groups is 1. The first-order valence-corrected chi connectivity index (χ1v) is 5.16. The Bertz CT molecular complexity index is 501. The molecule has 0 N–H and O–H groups in total. The van der Waals surface area contributed by atoms with E-state index < -0.39 is 5.91 Å². The van der Waals surface area contributed by atoms with Crippen LogP contribution < -0.4 is 0 Å². The van der Waals surface area contributed by atoms with Crippen molar-refractivity contribution in [3.63, 3.8) is 0 Å². The summed E-state index contributed by atoms with van der Waals surface area (Å²) in [7, 11) is 6.79. The van der Waals surface area contributed by atoms with Crippen LogP contribution in [0.3, 0.4) is 0 Å². The summed E-state index contributed by atoms with van der Waals surface area (Å²) in [5.74, 6) is 0.485. The summed E-state index contributed by atoms with van der Waals surface area (Å²) < 4.78 is 1.34. The standard InChI is InChI=1S/C10H14N5O2/c1-13(2)5-6-11-7-8(12-6)14(3)10(17)15(4)9(7)16/h5H2,1-4H3/q+1. The summed E-state index contributed by atoms with van der Waals surface area (Å²) in [5, 5.41) is 0. The van der Waals surface area contributed by atoms with Gasteiger partial charge in [-0.05, 0) is 14.1 Å². The van der Waals surface area contributed by atoms with Crippen LogP contribution in [0.1, 0.15) is 0 Å². The third-order valence-corrected chi connectivity index (χ3v) is 2.54. The Morgan fingerprint density at radius 2 is 1.94 bits per heavy atom. The number of rotatable bonds is 2. The molecule has 2 heterocycles.